The zero-order chi connectivity index (χ0) is 24.9. The summed E-state index contributed by atoms with van der Waals surface area (Å²) in [5.41, 5.74) is 2.52. The second kappa shape index (κ2) is 10.3. The van der Waals surface area contributed by atoms with Gasteiger partial charge < -0.3 is 15.4 Å². The SMILES string of the molecule is CC(=O)NC[C@H]1CN(c2ccc(-c3ccc(CNC(=O)c4ccc(F)cc4)cc3)c(F)c2)C(=O)O1. The first-order valence-electron chi connectivity index (χ1n) is 11.0. The highest BCUT2D eigenvalue weighted by molar-refractivity contribution is 5.94. The summed E-state index contributed by atoms with van der Waals surface area (Å²) in [7, 11) is 0. The number of anilines is 1. The van der Waals surface area contributed by atoms with Crippen LogP contribution >= 0.6 is 0 Å². The van der Waals surface area contributed by atoms with E-state index in [-0.39, 0.29) is 31.4 Å². The third-order valence-electron chi connectivity index (χ3n) is 5.54. The Bertz CT molecular complexity index is 1250. The van der Waals surface area contributed by atoms with Crippen molar-refractivity contribution in [1.29, 1.82) is 0 Å². The molecule has 0 spiro atoms. The van der Waals surface area contributed by atoms with Gasteiger partial charge in [-0.25, -0.2) is 13.6 Å². The fourth-order valence-corrected chi connectivity index (χ4v) is 3.69. The molecule has 1 aliphatic heterocycles. The fourth-order valence-electron chi connectivity index (χ4n) is 3.69. The molecule has 0 aromatic heterocycles. The maximum atomic E-state index is 14.9. The van der Waals surface area contributed by atoms with Gasteiger partial charge in [-0.2, -0.15) is 0 Å². The molecule has 0 saturated carbocycles. The van der Waals surface area contributed by atoms with Crippen LogP contribution < -0.4 is 15.5 Å². The normalized spacial score (nSPS) is 15.0. The second-order valence-corrected chi connectivity index (χ2v) is 8.10. The van der Waals surface area contributed by atoms with Crippen molar-refractivity contribution in [1.82, 2.24) is 10.6 Å². The summed E-state index contributed by atoms with van der Waals surface area (Å²) in [6, 6.07) is 16.8. The van der Waals surface area contributed by atoms with E-state index in [0.29, 0.717) is 22.4 Å². The third kappa shape index (κ3) is 5.81. The van der Waals surface area contributed by atoms with Gasteiger partial charge in [-0.3, -0.25) is 14.5 Å². The van der Waals surface area contributed by atoms with Gasteiger partial charge in [0.25, 0.3) is 5.91 Å². The maximum Gasteiger partial charge on any atom is 0.414 e. The van der Waals surface area contributed by atoms with Gasteiger partial charge in [0, 0.05) is 24.6 Å². The second-order valence-electron chi connectivity index (χ2n) is 8.10. The molecule has 4 rings (SSSR count). The number of nitrogens with one attached hydrogen (secondary N) is 2. The van der Waals surface area contributed by atoms with Crippen LogP contribution in [0.4, 0.5) is 19.3 Å². The summed E-state index contributed by atoms with van der Waals surface area (Å²) in [6.45, 7) is 2.03. The highest BCUT2D eigenvalue weighted by atomic mass is 19.1. The molecular weight excluding hydrogens is 456 g/mol. The number of cyclic esters (lactones) is 1. The molecule has 1 heterocycles. The van der Waals surface area contributed by atoms with Crippen LogP contribution in [0.15, 0.2) is 66.7 Å². The third-order valence-corrected chi connectivity index (χ3v) is 5.54. The number of ether oxygens (including phenoxy) is 1. The van der Waals surface area contributed by atoms with Crippen LogP contribution in [-0.2, 0) is 16.1 Å². The number of carbonyl (C=O) groups excluding carboxylic acids is 3. The Morgan fingerprint density at radius 2 is 1.71 bits per heavy atom. The predicted molar refractivity (Wildman–Crippen MR) is 126 cm³/mol. The van der Waals surface area contributed by atoms with E-state index in [1.54, 1.807) is 36.4 Å². The van der Waals surface area contributed by atoms with E-state index < -0.39 is 23.8 Å². The smallest absolute Gasteiger partial charge is 0.414 e. The van der Waals surface area contributed by atoms with Crippen LogP contribution in [0, 0.1) is 11.6 Å². The van der Waals surface area contributed by atoms with Crippen LogP contribution in [0.5, 0.6) is 0 Å². The average molecular weight is 479 g/mol. The highest BCUT2D eigenvalue weighted by Gasteiger charge is 2.32. The van der Waals surface area contributed by atoms with Crippen LogP contribution in [0.1, 0.15) is 22.8 Å². The predicted octanol–water partition coefficient (Wildman–Crippen LogP) is 4.02. The summed E-state index contributed by atoms with van der Waals surface area (Å²) in [5, 5.41) is 5.36. The lowest BCUT2D eigenvalue weighted by molar-refractivity contribution is -0.119. The van der Waals surface area contributed by atoms with Gasteiger partial charge in [0.15, 0.2) is 0 Å². The van der Waals surface area contributed by atoms with Crippen molar-refractivity contribution >= 4 is 23.6 Å². The molecule has 1 saturated heterocycles. The summed E-state index contributed by atoms with van der Waals surface area (Å²) >= 11 is 0. The first kappa shape index (κ1) is 23.9. The molecule has 0 unspecified atom stereocenters. The Hall–Kier alpha value is -4.27. The number of halogens is 2. The lowest BCUT2D eigenvalue weighted by Gasteiger charge is -2.15. The molecule has 35 heavy (non-hydrogen) atoms. The van der Waals surface area contributed by atoms with Gasteiger partial charge in [-0.05, 0) is 53.6 Å². The van der Waals surface area contributed by atoms with Crippen molar-refractivity contribution in [2.45, 2.75) is 19.6 Å². The minimum absolute atomic E-state index is 0.189. The van der Waals surface area contributed by atoms with E-state index in [0.717, 1.165) is 5.56 Å². The van der Waals surface area contributed by atoms with Crippen LogP contribution in [0.2, 0.25) is 0 Å². The Balaban J connectivity index is 1.39. The van der Waals surface area contributed by atoms with Crippen molar-refractivity contribution in [3.05, 3.63) is 89.5 Å². The summed E-state index contributed by atoms with van der Waals surface area (Å²) in [4.78, 5) is 36.7. The highest BCUT2D eigenvalue weighted by Crippen LogP contribution is 2.29. The largest absolute Gasteiger partial charge is 0.442 e. The van der Waals surface area contributed by atoms with Crippen molar-refractivity contribution in [3.63, 3.8) is 0 Å². The van der Waals surface area contributed by atoms with Crippen LogP contribution in [-0.4, -0.2) is 37.1 Å². The van der Waals surface area contributed by atoms with Crippen molar-refractivity contribution in [2.75, 3.05) is 18.0 Å². The van der Waals surface area contributed by atoms with Crippen LogP contribution in [0.25, 0.3) is 11.1 Å². The molecule has 3 amide bonds. The number of benzene rings is 3. The number of hydrogen-bond donors (Lipinski definition) is 2. The molecule has 1 atom stereocenters. The van der Waals surface area contributed by atoms with Gasteiger partial charge in [-0.15, -0.1) is 0 Å². The molecule has 7 nitrogen and oxygen atoms in total. The monoisotopic (exact) mass is 479 g/mol. The lowest BCUT2D eigenvalue weighted by atomic mass is 10.0. The molecule has 0 bridgehead atoms. The van der Waals surface area contributed by atoms with Crippen molar-refractivity contribution < 1.29 is 27.9 Å². The van der Waals surface area contributed by atoms with E-state index in [2.05, 4.69) is 10.6 Å². The number of amides is 3. The van der Waals surface area contributed by atoms with E-state index >= 15 is 0 Å². The first-order valence-corrected chi connectivity index (χ1v) is 11.0. The van der Waals surface area contributed by atoms with Gasteiger partial charge in [0.1, 0.15) is 17.7 Å². The molecule has 0 aliphatic carbocycles. The molecule has 2 N–H and O–H groups in total. The number of hydrogen-bond acceptors (Lipinski definition) is 4. The summed E-state index contributed by atoms with van der Waals surface area (Å²) < 4.78 is 33.1. The number of nitrogens with zero attached hydrogens (tertiary/aromatic N) is 1. The Morgan fingerprint density at radius 3 is 2.37 bits per heavy atom. The molecule has 180 valence electrons. The Morgan fingerprint density at radius 1 is 1.00 bits per heavy atom. The zero-order valence-electron chi connectivity index (χ0n) is 18.9. The molecule has 3 aromatic rings. The van der Waals surface area contributed by atoms with Gasteiger partial charge in [0.2, 0.25) is 5.91 Å². The van der Waals surface area contributed by atoms with E-state index in [1.807, 2.05) is 0 Å². The van der Waals surface area contributed by atoms with Crippen molar-refractivity contribution in [3.8, 4) is 11.1 Å². The first-order chi connectivity index (χ1) is 16.8. The fraction of sp³-hybridized carbons (Fsp3) is 0.192. The van der Waals surface area contributed by atoms with E-state index in [9.17, 15) is 23.2 Å². The quantitative estimate of drug-likeness (QED) is 0.536. The summed E-state index contributed by atoms with van der Waals surface area (Å²) in [6.07, 6.45) is -1.11. The van der Waals surface area contributed by atoms with Gasteiger partial charge in [-0.1, -0.05) is 24.3 Å². The molecule has 1 aliphatic rings. The topological polar surface area (TPSA) is 87.7 Å². The summed E-state index contributed by atoms with van der Waals surface area (Å²) in [5.74, 6) is -1.46. The molecular formula is C26H23F2N3O4. The Kier molecular flexibility index (Phi) is 7.05. The van der Waals surface area contributed by atoms with Gasteiger partial charge in [0.05, 0.1) is 18.8 Å². The minimum atomic E-state index is -0.598. The molecule has 0 radical (unpaired) electrons. The standard InChI is InChI=1S/C26H23F2N3O4/c1-16(32)29-14-22-15-31(26(34)35-22)21-10-11-23(24(28)12-21)18-4-2-17(3-5-18)13-30-25(33)19-6-8-20(27)9-7-19/h2-12,22H,13-15H2,1H3,(H,29,32)(H,30,33)/t22-/m0/s1. The molecule has 1 fully saturated rings. The van der Waals surface area contributed by atoms with E-state index in [1.165, 1.54) is 42.2 Å². The Labute approximate surface area is 200 Å². The van der Waals surface area contributed by atoms with Crippen molar-refractivity contribution in [2.24, 2.45) is 0 Å². The molecule has 9 heteroatoms. The minimum Gasteiger partial charge on any atom is -0.442 e. The van der Waals surface area contributed by atoms with Crippen LogP contribution in [0.3, 0.4) is 0 Å². The van der Waals surface area contributed by atoms with E-state index in [4.69, 9.17) is 4.74 Å². The number of rotatable bonds is 7. The zero-order valence-corrected chi connectivity index (χ0v) is 18.9. The van der Waals surface area contributed by atoms with Gasteiger partial charge >= 0.3 is 6.09 Å². The number of carbonyl (C=O) groups is 3. The maximum absolute atomic E-state index is 14.9. The lowest BCUT2D eigenvalue weighted by Crippen LogP contribution is -2.33. The molecule has 3 aromatic carbocycles. The average Bonchev–Trinajstić information content (AvgIpc) is 3.22.